The molecule has 1 saturated heterocycles. The van der Waals surface area contributed by atoms with Crippen molar-refractivity contribution in [2.24, 2.45) is 0 Å². The van der Waals surface area contributed by atoms with Gasteiger partial charge in [-0.2, -0.15) is 0 Å². The van der Waals surface area contributed by atoms with E-state index in [4.69, 9.17) is 26.4 Å². The summed E-state index contributed by atoms with van der Waals surface area (Å²) in [5.41, 5.74) is 2.88. The van der Waals surface area contributed by atoms with Gasteiger partial charge in [-0.3, -0.25) is 19.8 Å². The van der Waals surface area contributed by atoms with E-state index in [1.165, 1.54) is 11.0 Å². The number of allylic oxidation sites excluding steroid dienone is 1. The summed E-state index contributed by atoms with van der Waals surface area (Å²) < 4.78 is 17.7. The Labute approximate surface area is 233 Å². The van der Waals surface area contributed by atoms with Crippen molar-refractivity contribution in [3.63, 3.8) is 0 Å². The Morgan fingerprint density at radius 2 is 1.72 bits per heavy atom. The number of carbonyl (C=O) groups excluding carboxylic acids is 2. The first-order chi connectivity index (χ1) is 18.9. The zero-order valence-electron chi connectivity index (χ0n) is 21.9. The average Bonchev–Trinajstić information content (AvgIpc) is 2.92. The van der Waals surface area contributed by atoms with Gasteiger partial charge in [-0.05, 0) is 74.0 Å². The van der Waals surface area contributed by atoms with Crippen LogP contribution in [0.3, 0.4) is 0 Å². The van der Waals surface area contributed by atoms with E-state index in [9.17, 15) is 9.59 Å². The van der Waals surface area contributed by atoms with Crippen LogP contribution >= 0.6 is 12.2 Å². The maximum absolute atomic E-state index is 13.6. The number of hydrogen-bond donors (Lipinski definition) is 1. The molecule has 39 heavy (non-hydrogen) atoms. The van der Waals surface area contributed by atoms with Crippen LogP contribution in [0.1, 0.15) is 30.5 Å². The largest absolute Gasteiger partial charge is 0.494 e. The van der Waals surface area contributed by atoms with Gasteiger partial charge in [0.2, 0.25) is 0 Å². The molecule has 0 atom stereocenters. The van der Waals surface area contributed by atoms with Crippen LogP contribution in [0.25, 0.3) is 6.08 Å². The number of ether oxygens (including phenoxy) is 3. The number of carbonyl (C=O) groups is 2. The molecule has 4 rings (SSSR count). The molecule has 0 aliphatic carbocycles. The van der Waals surface area contributed by atoms with Crippen LogP contribution < -0.4 is 24.4 Å². The Hall–Kier alpha value is -4.43. The van der Waals surface area contributed by atoms with Crippen molar-refractivity contribution in [1.29, 1.82) is 0 Å². The number of anilines is 1. The summed E-state index contributed by atoms with van der Waals surface area (Å²) in [7, 11) is 0. The number of hydrogen-bond acceptors (Lipinski definition) is 6. The van der Waals surface area contributed by atoms with Crippen molar-refractivity contribution in [1.82, 2.24) is 5.32 Å². The van der Waals surface area contributed by atoms with Crippen molar-refractivity contribution in [2.45, 2.75) is 26.9 Å². The average molecular weight is 543 g/mol. The molecule has 1 N–H and O–H groups in total. The molecule has 1 fully saturated rings. The van der Waals surface area contributed by atoms with Crippen LogP contribution in [-0.2, 0) is 22.6 Å². The Kier molecular flexibility index (Phi) is 9.12. The van der Waals surface area contributed by atoms with Gasteiger partial charge in [-0.25, -0.2) is 0 Å². The molecule has 0 spiro atoms. The highest BCUT2D eigenvalue weighted by molar-refractivity contribution is 7.80. The number of nitrogens with one attached hydrogen (secondary N) is 1. The lowest BCUT2D eigenvalue weighted by atomic mass is 10.0. The Morgan fingerprint density at radius 1 is 0.949 bits per heavy atom. The molecule has 2 amide bonds. The minimum atomic E-state index is -0.574. The van der Waals surface area contributed by atoms with Gasteiger partial charge in [0.1, 0.15) is 17.9 Å². The summed E-state index contributed by atoms with van der Waals surface area (Å²) in [5.74, 6) is 0.590. The molecule has 1 heterocycles. The van der Waals surface area contributed by atoms with Crippen LogP contribution in [-0.4, -0.2) is 30.1 Å². The van der Waals surface area contributed by atoms with E-state index >= 15 is 0 Å². The van der Waals surface area contributed by atoms with Gasteiger partial charge in [-0.1, -0.05) is 42.5 Å². The maximum Gasteiger partial charge on any atom is 0.270 e. The van der Waals surface area contributed by atoms with E-state index in [0.29, 0.717) is 54.7 Å². The summed E-state index contributed by atoms with van der Waals surface area (Å²) in [6.45, 7) is 8.87. The van der Waals surface area contributed by atoms with Crippen molar-refractivity contribution in [2.75, 3.05) is 18.1 Å². The molecule has 1 aliphatic heterocycles. The normalized spacial score (nSPS) is 14.3. The lowest BCUT2D eigenvalue weighted by Gasteiger charge is -2.29. The molecule has 0 unspecified atom stereocenters. The summed E-state index contributed by atoms with van der Waals surface area (Å²) in [6, 6.07) is 20.5. The van der Waals surface area contributed by atoms with E-state index in [0.717, 1.165) is 11.1 Å². The highest BCUT2D eigenvalue weighted by atomic mass is 32.1. The van der Waals surface area contributed by atoms with Gasteiger partial charge < -0.3 is 14.2 Å². The number of nitrogens with zero attached hydrogens (tertiary/aromatic N) is 1. The first-order valence-corrected chi connectivity index (χ1v) is 13.1. The Balaban J connectivity index is 1.71. The minimum absolute atomic E-state index is 0.00260. The SMILES string of the molecule is C=CCc1cc(C=C2C(=O)NC(=S)N(c3cccc(OCC)c3)C2=O)cc(OCC)c1OCc1ccccc1. The van der Waals surface area contributed by atoms with Crippen LogP contribution in [0.4, 0.5) is 5.69 Å². The van der Waals surface area contributed by atoms with Crippen molar-refractivity contribution >= 4 is 40.9 Å². The van der Waals surface area contributed by atoms with E-state index in [2.05, 4.69) is 11.9 Å². The van der Waals surface area contributed by atoms with Crippen LogP contribution in [0, 0.1) is 0 Å². The fourth-order valence-electron chi connectivity index (χ4n) is 4.17. The predicted octanol–water partition coefficient (Wildman–Crippen LogP) is 5.62. The second-order valence-corrected chi connectivity index (χ2v) is 8.98. The molecule has 0 radical (unpaired) electrons. The molecule has 1 aliphatic rings. The molecule has 3 aromatic rings. The van der Waals surface area contributed by atoms with Gasteiger partial charge in [-0.15, -0.1) is 6.58 Å². The molecular weight excluding hydrogens is 512 g/mol. The van der Waals surface area contributed by atoms with E-state index in [1.807, 2.05) is 50.2 Å². The summed E-state index contributed by atoms with van der Waals surface area (Å²) in [4.78, 5) is 27.8. The number of amides is 2. The van der Waals surface area contributed by atoms with Gasteiger partial charge in [0.25, 0.3) is 11.8 Å². The highest BCUT2D eigenvalue weighted by Gasteiger charge is 2.34. The van der Waals surface area contributed by atoms with Gasteiger partial charge in [0.05, 0.1) is 18.9 Å². The topological polar surface area (TPSA) is 77.1 Å². The van der Waals surface area contributed by atoms with Crippen LogP contribution in [0.5, 0.6) is 17.2 Å². The Bertz CT molecular complexity index is 1420. The monoisotopic (exact) mass is 542 g/mol. The molecule has 0 aromatic heterocycles. The Morgan fingerprint density at radius 3 is 2.44 bits per heavy atom. The highest BCUT2D eigenvalue weighted by Crippen LogP contribution is 2.36. The van der Waals surface area contributed by atoms with Gasteiger partial charge >= 0.3 is 0 Å². The molecule has 7 nitrogen and oxygen atoms in total. The molecule has 0 bridgehead atoms. The number of thiocarbonyl (C=S) groups is 1. The predicted molar refractivity (Wildman–Crippen MR) is 156 cm³/mol. The third-order valence-electron chi connectivity index (χ3n) is 5.84. The van der Waals surface area contributed by atoms with E-state index < -0.39 is 11.8 Å². The fraction of sp³-hybridized carbons (Fsp3) is 0.194. The second kappa shape index (κ2) is 12.9. The van der Waals surface area contributed by atoms with Gasteiger partial charge in [0, 0.05) is 11.6 Å². The number of rotatable bonds is 11. The fourth-order valence-corrected chi connectivity index (χ4v) is 4.45. The van der Waals surface area contributed by atoms with Crippen molar-refractivity contribution < 1.29 is 23.8 Å². The molecule has 200 valence electrons. The standard InChI is InChI=1S/C31H30N2O5S/c1-4-11-23-16-22(18-27(37-6-3)28(23)38-20-21-12-8-7-9-13-21)17-26-29(34)32-31(39)33(30(26)35)24-14-10-15-25(19-24)36-5-2/h4,7-10,12-19H,1,5-6,11,20H2,2-3H3,(H,32,34,39). The zero-order valence-corrected chi connectivity index (χ0v) is 22.8. The number of benzene rings is 3. The van der Waals surface area contributed by atoms with Crippen molar-refractivity contribution in [3.8, 4) is 17.2 Å². The first-order valence-electron chi connectivity index (χ1n) is 12.7. The molecular formula is C31H30N2O5S. The smallest absolute Gasteiger partial charge is 0.270 e. The molecule has 3 aromatic carbocycles. The summed E-state index contributed by atoms with van der Waals surface area (Å²) in [5, 5.41) is 2.63. The third kappa shape index (κ3) is 6.53. The minimum Gasteiger partial charge on any atom is -0.494 e. The van der Waals surface area contributed by atoms with E-state index in [1.54, 1.807) is 36.4 Å². The van der Waals surface area contributed by atoms with Crippen molar-refractivity contribution in [3.05, 3.63) is 102 Å². The quantitative estimate of drug-likeness (QED) is 0.147. The molecule has 0 saturated carbocycles. The van der Waals surface area contributed by atoms with E-state index in [-0.39, 0.29) is 10.7 Å². The third-order valence-corrected chi connectivity index (χ3v) is 6.13. The lowest BCUT2D eigenvalue weighted by molar-refractivity contribution is -0.122. The van der Waals surface area contributed by atoms with Crippen LogP contribution in [0.15, 0.2) is 85.0 Å². The second-order valence-electron chi connectivity index (χ2n) is 8.60. The molecule has 8 heteroatoms. The lowest BCUT2D eigenvalue weighted by Crippen LogP contribution is -2.54. The maximum atomic E-state index is 13.6. The summed E-state index contributed by atoms with van der Waals surface area (Å²) in [6.07, 6.45) is 3.80. The summed E-state index contributed by atoms with van der Waals surface area (Å²) >= 11 is 5.34. The first kappa shape index (κ1) is 27.6. The zero-order chi connectivity index (χ0) is 27.8. The van der Waals surface area contributed by atoms with Gasteiger partial charge in [0.15, 0.2) is 16.6 Å². The van der Waals surface area contributed by atoms with Crippen LogP contribution in [0.2, 0.25) is 0 Å².